The minimum absolute atomic E-state index is 0.214. The van der Waals surface area contributed by atoms with Crippen molar-refractivity contribution in [2.45, 2.75) is 38.4 Å². The van der Waals surface area contributed by atoms with Gasteiger partial charge in [-0.1, -0.05) is 31.2 Å². The Bertz CT molecular complexity index is 316. The summed E-state index contributed by atoms with van der Waals surface area (Å²) in [4.78, 5) is 12.0. The minimum atomic E-state index is -2.19. The van der Waals surface area contributed by atoms with Crippen LogP contribution in [0.3, 0.4) is 0 Å². The van der Waals surface area contributed by atoms with Gasteiger partial charge in [-0.25, -0.2) is 4.79 Å². The van der Waals surface area contributed by atoms with E-state index in [4.69, 9.17) is 4.43 Å². The lowest BCUT2D eigenvalue weighted by atomic mass is 10.2. The standard InChI is InChI=1S/C15H24O2Si/c1-6-10-14(5)15(16)17-18(11-7-2,12-8-3)13-9-4/h7-10H,2-4,6,11-13H2,1,5H3. The summed E-state index contributed by atoms with van der Waals surface area (Å²) in [6.45, 7) is 15.1. The molecule has 0 aliphatic rings. The van der Waals surface area contributed by atoms with E-state index in [1.807, 2.05) is 31.2 Å². The first kappa shape index (κ1) is 16.6. The van der Waals surface area contributed by atoms with E-state index in [-0.39, 0.29) is 5.97 Å². The van der Waals surface area contributed by atoms with E-state index in [0.717, 1.165) is 24.6 Å². The molecule has 18 heavy (non-hydrogen) atoms. The number of allylic oxidation sites excluding steroid dienone is 4. The molecule has 0 aromatic rings. The minimum Gasteiger partial charge on any atom is -0.515 e. The van der Waals surface area contributed by atoms with Gasteiger partial charge in [0, 0.05) is 5.57 Å². The molecule has 0 aromatic carbocycles. The largest absolute Gasteiger partial charge is 0.515 e. The highest BCUT2D eigenvalue weighted by Gasteiger charge is 2.35. The van der Waals surface area contributed by atoms with Crippen LogP contribution in [0, 0.1) is 0 Å². The third-order valence-electron chi connectivity index (χ3n) is 2.69. The van der Waals surface area contributed by atoms with Gasteiger partial charge in [0.15, 0.2) is 0 Å². The van der Waals surface area contributed by atoms with E-state index in [9.17, 15) is 4.79 Å². The monoisotopic (exact) mass is 264 g/mol. The Hall–Kier alpha value is -1.35. The van der Waals surface area contributed by atoms with E-state index < -0.39 is 8.32 Å². The van der Waals surface area contributed by atoms with Crippen LogP contribution in [-0.4, -0.2) is 14.3 Å². The smallest absolute Gasteiger partial charge is 0.320 e. The molecule has 0 amide bonds. The van der Waals surface area contributed by atoms with Crippen LogP contribution in [0.25, 0.3) is 0 Å². The predicted molar refractivity (Wildman–Crippen MR) is 80.9 cm³/mol. The molecule has 0 fully saturated rings. The first-order valence-electron chi connectivity index (χ1n) is 6.28. The highest BCUT2D eigenvalue weighted by molar-refractivity contribution is 6.76. The van der Waals surface area contributed by atoms with Gasteiger partial charge in [-0.15, -0.1) is 19.7 Å². The topological polar surface area (TPSA) is 26.3 Å². The van der Waals surface area contributed by atoms with E-state index in [1.165, 1.54) is 0 Å². The molecule has 0 atom stereocenters. The van der Waals surface area contributed by atoms with Crippen molar-refractivity contribution in [1.82, 2.24) is 0 Å². The maximum atomic E-state index is 12.0. The van der Waals surface area contributed by atoms with Gasteiger partial charge in [0.05, 0.1) is 0 Å². The summed E-state index contributed by atoms with van der Waals surface area (Å²) < 4.78 is 5.79. The predicted octanol–water partition coefficient (Wildman–Crippen LogP) is 4.39. The number of hydrogen-bond acceptors (Lipinski definition) is 2. The van der Waals surface area contributed by atoms with Gasteiger partial charge in [0.2, 0.25) is 0 Å². The molecule has 0 saturated heterocycles. The second-order valence-electron chi connectivity index (χ2n) is 4.35. The van der Waals surface area contributed by atoms with Crippen molar-refractivity contribution in [2.75, 3.05) is 0 Å². The van der Waals surface area contributed by atoms with Crippen molar-refractivity contribution in [3.63, 3.8) is 0 Å². The fourth-order valence-corrected chi connectivity index (χ4v) is 4.71. The van der Waals surface area contributed by atoms with Crippen molar-refractivity contribution < 1.29 is 9.22 Å². The van der Waals surface area contributed by atoms with E-state index in [0.29, 0.717) is 5.57 Å². The van der Waals surface area contributed by atoms with Crippen LogP contribution < -0.4 is 0 Å². The molecule has 0 unspecified atom stereocenters. The first-order valence-corrected chi connectivity index (χ1v) is 8.81. The molecule has 0 spiro atoms. The maximum Gasteiger partial charge on any atom is 0.320 e. The molecule has 0 N–H and O–H groups in total. The third kappa shape index (κ3) is 5.32. The average Bonchev–Trinajstić information content (AvgIpc) is 2.30. The van der Waals surface area contributed by atoms with Gasteiger partial charge in [-0.05, 0) is 31.5 Å². The van der Waals surface area contributed by atoms with Gasteiger partial charge in [0.1, 0.15) is 0 Å². The summed E-state index contributed by atoms with van der Waals surface area (Å²) in [5.41, 5.74) is 0.673. The summed E-state index contributed by atoms with van der Waals surface area (Å²) in [5.74, 6) is -0.214. The van der Waals surface area contributed by atoms with Crippen molar-refractivity contribution in [3.05, 3.63) is 49.6 Å². The zero-order valence-electron chi connectivity index (χ0n) is 11.6. The van der Waals surface area contributed by atoms with Crippen LogP contribution >= 0.6 is 0 Å². The Morgan fingerprint density at radius 1 is 1.11 bits per heavy atom. The van der Waals surface area contributed by atoms with Crippen LogP contribution in [0.5, 0.6) is 0 Å². The molecule has 0 aromatic heterocycles. The van der Waals surface area contributed by atoms with Gasteiger partial charge >= 0.3 is 5.97 Å². The normalized spacial score (nSPS) is 11.8. The molecular weight excluding hydrogens is 240 g/mol. The molecule has 0 bridgehead atoms. The van der Waals surface area contributed by atoms with Crippen LogP contribution in [0.4, 0.5) is 0 Å². The van der Waals surface area contributed by atoms with Crippen molar-refractivity contribution in [2.24, 2.45) is 0 Å². The fraction of sp³-hybridized carbons (Fsp3) is 0.400. The summed E-state index contributed by atoms with van der Waals surface area (Å²) in [5, 5.41) is 0. The van der Waals surface area contributed by atoms with Gasteiger partial charge in [-0.3, -0.25) is 0 Å². The first-order chi connectivity index (χ1) is 8.55. The molecule has 0 heterocycles. The molecule has 0 aliphatic heterocycles. The SMILES string of the molecule is C=CC[Si](CC=C)(CC=C)OC(=O)C(C)=CCC. The average molecular weight is 264 g/mol. The number of rotatable bonds is 9. The summed E-state index contributed by atoms with van der Waals surface area (Å²) in [6, 6.07) is 2.20. The molecule has 100 valence electrons. The van der Waals surface area contributed by atoms with Gasteiger partial charge in [0.25, 0.3) is 8.32 Å². The van der Waals surface area contributed by atoms with E-state index in [1.54, 1.807) is 6.92 Å². The molecular formula is C15H24O2Si. The molecule has 0 radical (unpaired) electrons. The van der Waals surface area contributed by atoms with Crippen LogP contribution in [0.1, 0.15) is 20.3 Å². The number of hydrogen-bond donors (Lipinski definition) is 0. The van der Waals surface area contributed by atoms with E-state index >= 15 is 0 Å². The highest BCUT2D eigenvalue weighted by Crippen LogP contribution is 2.25. The van der Waals surface area contributed by atoms with Crippen LogP contribution in [0.2, 0.25) is 18.1 Å². The zero-order valence-corrected chi connectivity index (χ0v) is 12.6. The summed E-state index contributed by atoms with van der Waals surface area (Å²) >= 11 is 0. The molecule has 3 heteroatoms. The summed E-state index contributed by atoms with van der Waals surface area (Å²) in [6.07, 6.45) is 8.19. The molecule has 0 saturated carbocycles. The van der Waals surface area contributed by atoms with Crippen molar-refractivity contribution in [3.8, 4) is 0 Å². The van der Waals surface area contributed by atoms with Gasteiger partial charge < -0.3 is 4.43 Å². The number of carbonyl (C=O) groups excluding carboxylic acids is 1. The molecule has 0 aliphatic carbocycles. The van der Waals surface area contributed by atoms with Crippen LogP contribution in [-0.2, 0) is 9.22 Å². The lowest BCUT2D eigenvalue weighted by molar-refractivity contribution is -0.130. The van der Waals surface area contributed by atoms with Crippen molar-refractivity contribution in [1.29, 1.82) is 0 Å². The Labute approximate surface area is 112 Å². The van der Waals surface area contributed by atoms with Gasteiger partial charge in [-0.2, -0.15) is 0 Å². The van der Waals surface area contributed by atoms with E-state index in [2.05, 4.69) is 19.7 Å². The quantitative estimate of drug-likeness (QED) is 0.351. The zero-order chi connectivity index (χ0) is 14.0. The molecule has 2 nitrogen and oxygen atoms in total. The van der Waals surface area contributed by atoms with Crippen LogP contribution in [0.15, 0.2) is 49.6 Å². The Morgan fingerprint density at radius 2 is 1.56 bits per heavy atom. The fourth-order valence-electron chi connectivity index (χ4n) is 1.83. The lowest BCUT2D eigenvalue weighted by Gasteiger charge is -2.28. The Morgan fingerprint density at radius 3 is 1.89 bits per heavy atom. The molecule has 0 rings (SSSR count). The third-order valence-corrected chi connectivity index (χ3v) is 6.41. The second-order valence-corrected chi connectivity index (χ2v) is 8.14. The summed E-state index contributed by atoms with van der Waals surface area (Å²) in [7, 11) is -2.19. The maximum absolute atomic E-state index is 12.0. The second kappa shape index (κ2) is 8.70. The Balaban J connectivity index is 5.00. The van der Waals surface area contributed by atoms with Crippen molar-refractivity contribution >= 4 is 14.3 Å². The highest BCUT2D eigenvalue weighted by atomic mass is 28.4. The Kier molecular flexibility index (Phi) is 8.04. The lowest BCUT2D eigenvalue weighted by Crippen LogP contribution is -2.39. The number of carbonyl (C=O) groups is 1.